The maximum Gasteiger partial charge on any atom is 0.115 e. The Morgan fingerprint density at radius 2 is 2.00 bits per heavy atom. The highest BCUT2D eigenvalue weighted by Crippen LogP contribution is 2.31. The highest BCUT2D eigenvalue weighted by molar-refractivity contribution is 5.31. The number of hydrogen-bond acceptors (Lipinski definition) is 3. The lowest BCUT2D eigenvalue weighted by Crippen LogP contribution is -2.36. The van der Waals surface area contributed by atoms with Crippen molar-refractivity contribution in [3.63, 3.8) is 0 Å². The standard InChI is InChI=1S/C13H21NO2/c1-10(9-14(3)4)13(2,16)11-6-5-7-12(15)8-11/h5-8,10,15-16H,9H2,1-4H3/t10?,13-/m1/s1. The first-order valence-corrected chi connectivity index (χ1v) is 5.50. The molecule has 0 saturated carbocycles. The van der Waals surface area contributed by atoms with Gasteiger partial charge in [0.15, 0.2) is 0 Å². The largest absolute Gasteiger partial charge is 0.508 e. The topological polar surface area (TPSA) is 43.7 Å². The van der Waals surface area contributed by atoms with Gasteiger partial charge in [-0.15, -0.1) is 0 Å². The van der Waals surface area contributed by atoms with Gasteiger partial charge in [-0.1, -0.05) is 19.1 Å². The first kappa shape index (κ1) is 13.0. The molecule has 2 atom stereocenters. The van der Waals surface area contributed by atoms with Crippen LogP contribution < -0.4 is 0 Å². The van der Waals surface area contributed by atoms with Crippen LogP contribution in [0.15, 0.2) is 24.3 Å². The summed E-state index contributed by atoms with van der Waals surface area (Å²) in [7, 11) is 3.96. The van der Waals surface area contributed by atoms with Crippen LogP contribution in [0.2, 0.25) is 0 Å². The second-order valence-electron chi connectivity index (χ2n) is 4.86. The van der Waals surface area contributed by atoms with E-state index in [9.17, 15) is 10.2 Å². The average molecular weight is 223 g/mol. The van der Waals surface area contributed by atoms with Crippen molar-refractivity contribution in [2.24, 2.45) is 5.92 Å². The van der Waals surface area contributed by atoms with Gasteiger partial charge in [0.05, 0.1) is 5.60 Å². The SMILES string of the molecule is CC(CN(C)C)[C@@](C)(O)c1cccc(O)c1. The number of phenols is 1. The fourth-order valence-electron chi connectivity index (χ4n) is 1.83. The molecule has 2 N–H and O–H groups in total. The quantitative estimate of drug-likeness (QED) is 0.818. The summed E-state index contributed by atoms with van der Waals surface area (Å²) in [5.41, 5.74) is -0.176. The number of rotatable bonds is 4. The monoisotopic (exact) mass is 223 g/mol. The number of aromatic hydroxyl groups is 1. The van der Waals surface area contributed by atoms with Crippen molar-refractivity contribution in [1.29, 1.82) is 0 Å². The summed E-state index contributed by atoms with van der Waals surface area (Å²) in [6.45, 7) is 4.59. The van der Waals surface area contributed by atoms with Crippen molar-refractivity contribution in [1.82, 2.24) is 4.90 Å². The molecular weight excluding hydrogens is 202 g/mol. The van der Waals surface area contributed by atoms with E-state index < -0.39 is 5.60 Å². The zero-order valence-electron chi connectivity index (χ0n) is 10.4. The molecular formula is C13H21NO2. The number of benzene rings is 1. The van der Waals surface area contributed by atoms with Crippen LogP contribution in [0.3, 0.4) is 0 Å². The molecule has 1 aromatic rings. The minimum absolute atomic E-state index is 0.0873. The summed E-state index contributed by atoms with van der Waals surface area (Å²) in [4.78, 5) is 2.04. The Kier molecular flexibility index (Phi) is 3.94. The fourth-order valence-corrected chi connectivity index (χ4v) is 1.83. The van der Waals surface area contributed by atoms with Gasteiger partial charge in [0, 0.05) is 12.5 Å². The lowest BCUT2D eigenvalue weighted by Gasteiger charge is -2.32. The summed E-state index contributed by atoms with van der Waals surface area (Å²) in [5.74, 6) is 0.277. The van der Waals surface area contributed by atoms with Gasteiger partial charge in [-0.25, -0.2) is 0 Å². The Morgan fingerprint density at radius 1 is 1.38 bits per heavy atom. The molecule has 1 unspecified atom stereocenters. The second kappa shape index (κ2) is 4.85. The second-order valence-corrected chi connectivity index (χ2v) is 4.86. The van der Waals surface area contributed by atoms with Crippen molar-refractivity contribution in [3.05, 3.63) is 29.8 Å². The molecule has 0 radical (unpaired) electrons. The molecule has 0 aliphatic carbocycles. The normalized spacial score (nSPS) is 17.1. The molecule has 1 rings (SSSR count). The van der Waals surface area contributed by atoms with Crippen LogP contribution in [0.4, 0.5) is 0 Å². The van der Waals surface area contributed by atoms with Gasteiger partial charge in [0.2, 0.25) is 0 Å². The predicted octanol–water partition coefficient (Wildman–Crippen LogP) is 1.80. The maximum absolute atomic E-state index is 10.5. The molecule has 0 fully saturated rings. The smallest absolute Gasteiger partial charge is 0.115 e. The molecule has 0 aliphatic rings. The van der Waals surface area contributed by atoms with E-state index in [1.807, 2.05) is 32.0 Å². The van der Waals surface area contributed by atoms with E-state index in [4.69, 9.17) is 0 Å². The van der Waals surface area contributed by atoms with Crippen molar-refractivity contribution in [2.45, 2.75) is 19.4 Å². The molecule has 1 aromatic carbocycles. The Bertz CT molecular complexity index is 348. The third-order valence-corrected chi connectivity index (χ3v) is 3.03. The van der Waals surface area contributed by atoms with E-state index in [0.29, 0.717) is 0 Å². The van der Waals surface area contributed by atoms with E-state index in [2.05, 4.69) is 0 Å². The Labute approximate surface area is 97.3 Å². The Balaban J connectivity index is 2.92. The van der Waals surface area contributed by atoms with Crippen LogP contribution in [0.5, 0.6) is 5.75 Å². The summed E-state index contributed by atoms with van der Waals surface area (Å²) in [5, 5.41) is 19.9. The van der Waals surface area contributed by atoms with Gasteiger partial charge in [0.25, 0.3) is 0 Å². The first-order valence-electron chi connectivity index (χ1n) is 5.50. The van der Waals surface area contributed by atoms with Gasteiger partial charge in [-0.2, -0.15) is 0 Å². The molecule has 0 heterocycles. The summed E-state index contributed by atoms with van der Waals surface area (Å²) in [6.07, 6.45) is 0. The minimum Gasteiger partial charge on any atom is -0.508 e. The maximum atomic E-state index is 10.5. The van der Waals surface area contributed by atoms with Crippen molar-refractivity contribution >= 4 is 0 Å². The molecule has 0 saturated heterocycles. The summed E-state index contributed by atoms with van der Waals surface area (Å²) >= 11 is 0. The molecule has 90 valence electrons. The highest BCUT2D eigenvalue weighted by atomic mass is 16.3. The Hall–Kier alpha value is -1.06. The van der Waals surface area contributed by atoms with Gasteiger partial charge >= 0.3 is 0 Å². The number of phenolic OH excluding ortho intramolecular Hbond substituents is 1. The van der Waals surface area contributed by atoms with E-state index in [1.54, 1.807) is 25.1 Å². The average Bonchev–Trinajstić information content (AvgIpc) is 2.16. The molecule has 3 nitrogen and oxygen atoms in total. The van der Waals surface area contributed by atoms with Crippen molar-refractivity contribution in [3.8, 4) is 5.75 Å². The van der Waals surface area contributed by atoms with E-state index in [0.717, 1.165) is 12.1 Å². The molecule has 0 spiro atoms. The lowest BCUT2D eigenvalue weighted by molar-refractivity contribution is -0.00793. The van der Waals surface area contributed by atoms with E-state index in [-0.39, 0.29) is 11.7 Å². The summed E-state index contributed by atoms with van der Waals surface area (Å²) in [6, 6.07) is 6.82. The molecule has 3 heteroatoms. The minimum atomic E-state index is -0.928. The van der Waals surface area contributed by atoms with Gasteiger partial charge < -0.3 is 15.1 Å². The lowest BCUT2D eigenvalue weighted by atomic mass is 9.83. The van der Waals surface area contributed by atoms with Gasteiger partial charge in [-0.3, -0.25) is 0 Å². The third-order valence-electron chi connectivity index (χ3n) is 3.03. The molecule has 0 aliphatic heterocycles. The molecule has 0 bridgehead atoms. The fraction of sp³-hybridized carbons (Fsp3) is 0.538. The number of hydrogen-bond donors (Lipinski definition) is 2. The zero-order valence-corrected chi connectivity index (χ0v) is 10.4. The summed E-state index contributed by atoms with van der Waals surface area (Å²) < 4.78 is 0. The molecule has 0 amide bonds. The first-order chi connectivity index (χ1) is 7.34. The van der Waals surface area contributed by atoms with Crippen molar-refractivity contribution < 1.29 is 10.2 Å². The predicted molar refractivity (Wildman–Crippen MR) is 65.4 cm³/mol. The third kappa shape index (κ3) is 2.97. The molecule has 0 aromatic heterocycles. The van der Waals surface area contributed by atoms with Crippen LogP contribution in [-0.4, -0.2) is 35.8 Å². The van der Waals surface area contributed by atoms with Gasteiger partial charge in [0.1, 0.15) is 5.75 Å². The van der Waals surface area contributed by atoms with Crippen molar-refractivity contribution in [2.75, 3.05) is 20.6 Å². The van der Waals surface area contributed by atoms with Crippen LogP contribution in [0.25, 0.3) is 0 Å². The Morgan fingerprint density at radius 3 is 2.50 bits per heavy atom. The zero-order chi connectivity index (χ0) is 12.3. The highest BCUT2D eigenvalue weighted by Gasteiger charge is 2.30. The van der Waals surface area contributed by atoms with Crippen LogP contribution in [0, 0.1) is 5.92 Å². The number of nitrogens with zero attached hydrogens (tertiary/aromatic N) is 1. The van der Waals surface area contributed by atoms with Gasteiger partial charge in [-0.05, 0) is 38.7 Å². The number of aliphatic hydroxyl groups is 1. The van der Waals surface area contributed by atoms with Crippen LogP contribution in [0.1, 0.15) is 19.4 Å². The van der Waals surface area contributed by atoms with E-state index in [1.165, 1.54) is 0 Å². The molecule has 16 heavy (non-hydrogen) atoms. The van der Waals surface area contributed by atoms with Crippen LogP contribution >= 0.6 is 0 Å². The van der Waals surface area contributed by atoms with E-state index >= 15 is 0 Å². The van der Waals surface area contributed by atoms with Crippen LogP contribution in [-0.2, 0) is 5.60 Å².